The number of carbonyl (C=O) groups excluding carboxylic acids is 1. The molecule has 0 saturated carbocycles. The summed E-state index contributed by atoms with van der Waals surface area (Å²) in [4.78, 5) is 11.7. The molecule has 2 aromatic rings. The number of benzene rings is 2. The maximum Gasteiger partial charge on any atom is 0.258 e. The molecule has 0 heterocycles. The van der Waals surface area contributed by atoms with Gasteiger partial charge in [-0.05, 0) is 6.07 Å². The molecule has 8 heteroatoms. The van der Waals surface area contributed by atoms with Gasteiger partial charge in [0.05, 0.1) is 11.3 Å². The second-order valence-corrected chi connectivity index (χ2v) is 4.05. The minimum absolute atomic E-state index is 0.341. The van der Waals surface area contributed by atoms with E-state index in [-0.39, 0.29) is 0 Å². The van der Waals surface area contributed by atoms with E-state index in [1.807, 2.05) is 0 Å². The average molecular weight is 302 g/mol. The van der Waals surface area contributed by atoms with E-state index < -0.39 is 51.9 Å². The summed E-state index contributed by atoms with van der Waals surface area (Å²) in [5, 5.41) is 1.74. The fourth-order valence-electron chi connectivity index (χ4n) is 1.58. The molecule has 0 aliphatic rings. The number of nitrogens with one attached hydrogen (secondary N) is 1. The van der Waals surface area contributed by atoms with Crippen molar-refractivity contribution in [1.82, 2.24) is 0 Å². The Kier molecular flexibility index (Phi) is 3.79. The second-order valence-electron chi connectivity index (χ2n) is 4.05. The zero-order valence-electron chi connectivity index (χ0n) is 10.2. The van der Waals surface area contributed by atoms with Crippen LogP contribution in [0.1, 0.15) is 10.4 Å². The molecule has 2 rings (SSSR count). The standard InChI is InChI=1S/C13H7F5N2O/c14-5-1-9(17)12(10(18)2-5)20-13(21)6-3-11(19)8(16)4-7(6)15/h1-4H,19H2,(H,20,21). The Labute approximate surface area is 115 Å². The number of rotatable bonds is 2. The smallest absolute Gasteiger partial charge is 0.258 e. The lowest BCUT2D eigenvalue weighted by Gasteiger charge is -2.09. The van der Waals surface area contributed by atoms with Crippen LogP contribution in [-0.2, 0) is 0 Å². The van der Waals surface area contributed by atoms with Crippen LogP contribution in [0.3, 0.4) is 0 Å². The van der Waals surface area contributed by atoms with Crippen molar-refractivity contribution in [2.24, 2.45) is 0 Å². The number of anilines is 2. The van der Waals surface area contributed by atoms with Crippen LogP contribution in [0, 0.1) is 29.1 Å². The van der Waals surface area contributed by atoms with Crippen LogP contribution in [-0.4, -0.2) is 5.91 Å². The third-order valence-electron chi connectivity index (χ3n) is 2.58. The fourth-order valence-corrected chi connectivity index (χ4v) is 1.58. The van der Waals surface area contributed by atoms with Crippen molar-refractivity contribution < 1.29 is 26.7 Å². The third kappa shape index (κ3) is 2.93. The van der Waals surface area contributed by atoms with E-state index in [0.29, 0.717) is 24.3 Å². The summed E-state index contributed by atoms with van der Waals surface area (Å²) in [6, 6.07) is 1.73. The van der Waals surface area contributed by atoms with E-state index in [1.54, 1.807) is 5.32 Å². The predicted octanol–water partition coefficient (Wildman–Crippen LogP) is 3.22. The van der Waals surface area contributed by atoms with Gasteiger partial charge in [-0.1, -0.05) is 0 Å². The Bertz CT molecular complexity index is 710. The summed E-state index contributed by atoms with van der Waals surface area (Å²) in [5.41, 5.74) is 3.00. The topological polar surface area (TPSA) is 55.1 Å². The highest BCUT2D eigenvalue weighted by molar-refractivity contribution is 6.05. The molecular formula is C13H7F5N2O. The normalized spacial score (nSPS) is 10.5. The van der Waals surface area contributed by atoms with E-state index in [2.05, 4.69) is 0 Å². The SMILES string of the molecule is Nc1cc(C(=O)Nc2c(F)cc(F)cc2F)c(F)cc1F. The van der Waals surface area contributed by atoms with Crippen LogP contribution in [0.15, 0.2) is 24.3 Å². The summed E-state index contributed by atoms with van der Waals surface area (Å²) in [5.74, 6) is -7.54. The number of nitrogen functional groups attached to an aromatic ring is 1. The van der Waals surface area contributed by atoms with E-state index in [1.165, 1.54) is 0 Å². The third-order valence-corrected chi connectivity index (χ3v) is 2.58. The highest BCUT2D eigenvalue weighted by Crippen LogP contribution is 2.22. The number of amides is 1. The monoisotopic (exact) mass is 302 g/mol. The van der Waals surface area contributed by atoms with Crippen LogP contribution < -0.4 is 11.1 Å². The number of halogens is 5. The zero-order chi connectivity index (χ0) is 15.7. The van der Waals surface area contributed by atoms with Gasteiger partial charge in [-0.2, -0.15) is 0 Å². The molecule has 2 aromatic carbocycles. The summed E-state index contributed by atoms with van der Waals surface area (Å²) >= 11 is 0. The van der Waals surface area contributed by atoms with Gasteiger partial charge in [-0.3, -0.25) is 4.79 Å². The Morgan fingerprint density at radius 1 is 0.857 bits per heavy atom. The number of carbonyl (C=O) groups is 1. The van der Waals surface area contributed by atoms with Gasteiger partial charge in [-0.25, -0.2) is 22.0 Å². The minimum atomic E-state index is -1.38. The highest BCUT2D eigenvalue weighted by atomic mass is 19.2. The van der Waals surface area contributed by atoms with Gasteiger partial charge in [0.15, 0.2) is 11.6 Å². The maximum atomic E-state index is 13.4. The van der Waals surface area contributed by atoms with E-state index in [9.17, 15) is 26.7 Å². The van der Waals surface area contributed by atoms with Crippen molar-refractivity contribution in [3.63, 3.8) is 0 Å². The van der Waals surface area contributed by atoms with E-state index in [0.717, 1.165) is 0 Å². The van der Waals surface area contributed by atoms with E-state index in [4.69, 9.17) is 5.73 Å². The molecular weight excluding hydrogens is 295 g/mol. The Balaban J connectivity index is 2.37. The van der Waals surface area contributed by atoms with Gasteiger partial charge in [0.25, 0.3) is 5.91 Å². The van der Waals surface area contributed by atoms with Crippen molar-refractivity contribution in [1.29, 1.82) is 0 Å². The maximum absolute atomic E-state index is 13.4. The first kappa shape index (κ1) is 14.8. The van der Waals surface area contributed by atoms with Crippen molar-refractivity contribution >= 4 is 17.3 Å². The molecule has 0 saturated heterocycles. The Hall–Kier alpha value is -2.64. The zero-order valence-corrected chi connectivity index (χ0v) is 10.2. The summed E-state index contributed by atoms with van der Waals surface area (Å²) in [7, 11) is 0. The molecule has 0 aliphatic heterocycles. The van der Waals surface area contributed by atoms with Crippen LogP contribution in [0.5, 0.6) is 0 Å². The summed E-state index contributed by atoms with van der Waals surface area (Å²) in [6.07, 6.45) is 0. The van der Waals surface area contributed by atoms with Crippen molar-refractivity contribution in [3.8, 4) is 0 Å². The van der Waals surface area contributed by atoms with E-state index >= 15 is 0 Å². The lowest BCUT2D eigenvalue weighted by Crippen LogP contribution is -2.17. The molecule has 0 radical (unpaired) electrons. The summed E-state index contributed by atoms with van der Waals surface area (Å²) < 4.78 is 65.8. The average Bonchev–Trinajstić information content (AvgIpc) is 2.37. The lowest BCUT2D eigenvalue weighted by atomic mass is 10.1. The van der Waals surface area contributed by atoms with Crippen molar-refractivity contribution in [3.05, 3.63) is 58.9 Å². The molecule has 110 valence electrons. The predicted molar refractivity (Wildman–Crippen MR) is 65.0 cm³/mol. The lowest BCUT2D eigenvalue weighted by molar-refractivity contribution is 0.102. The molecule has 0 unspecified atom stereocenters. The number of hydrogen-bond acceptors (Lipinski definition) is 2. The minimum Gasteiger partial charge on any atom is -0.396 e. The molecule has 1 amide bonds. The Morgan fingerprint density at radius 2 is 1.43 bits per heavy atom. The van der Waals surface area contributed by atoms with Gasteiger partial charge >= 0.3 is 0 Å². The number of hydrogen-bond donors (Lipinski definition) is 2. The second kappa shape index (κ2) is 5.39. The van der Waals surface area contributed by atoms with Gasteiger partial charge in [0.2, 0.25) is 0 Å². The first-order valence-electron chi connectivity index (χ1n) is 5.50. The first-order chi connectivity index (χ1) is 9.79. The van der Waals surface area contributed by atoms with Crippen LogP contribution in [0.25, 0.3) is 0 Å². The molecule has 21 heavy (non-hydrogen) atoms. The Morgan fingerprint density at radius 3 is 2.00 bits per heavy atom. The van der Waals surface area contributed by atoms with Gasteiger partial charge in [0.1, 0.15) is 23.1 Å². The molecule has 3 nitrogen and oxygen atoms in total. The summed E-state index contributed by atoms with van der Waals surface area (Å²) in [6.45, 7) is 0. The van der Waals surface area contributed by atoms with Crippen molar-refractivity contribution in [2.75, 3.05) is 11.1 Å². The molecule has 0 atom stereocenters. The molecule has 0 fully saturated rings. The van der Waals surface area contributed by atoms with Crippen LogP contribution in [0.2, 0.25) is 0 Å². The molecule has 0 spiro atoms. The van der Waals surface area contributed by atoms with Gasteiger partial charge in [0, 0.05) is 18.2 Å². The molecule has 0 bridgehead atoms. The quantitative estimate of drug-likeness (QED) is 0.661. The van der Waals surface area contributed by atoms with Gasteiger partial charge < -0.3 is 11.1 Å². The largest absolute Gasteiger partial charge is 0.396 e. The highest BCUT2D eigenvalue weighted by Gasteiger charge is 2.19. The van der Waals surface area contributed by atoms with Crippen LogP contribution >= 0.6 is 0 Å². The van der Waals surface area contributed by atoms with Crippen molar-refractivity contribution in [2.45, 2.75) is 0 Å². The first-order valence-corrected chi connectivity index (χ1v) is 5.50. The van der Waals surface area contributed by atoms with Gasteiger partial charge in [-0.15, -0.1) is 0 Å². The molecule has 0 aromatic heterocycles. The molecule has 3 N–H and O–H groups in total. The molecule has 0 aliphatic carbocycles. The number of nitrogens with two attached hydrogens (primary N) is 1. The van der Waals surface area contributed by atoms with Crippen LogP contribution in [0.4, 0.5) is 33.3 Å². The fraction of sp³-hybridized carbons (Fsp3) is 0.